The molecule has 6 heteroatoms. The maximum atomic E-state index is 5.75. The number of aromatic nitrogens is 1. The van der Waals surface area contributed by atoms with Crippen molar-refractivity contribution >= 4 is 15.9 Å². The fraction of sp³-hybridized carbons (Fsp3) is 0.267. The van der Waals surface area contributed by atoms with Crippen LogP contribution in [0.3, 0.4) is 0 Å². The van der Waals surface area contributed by atoms with Crippen LogP contribution in [0.4, 0.5) is 0 Å². The lowest BCUT2D eigenvalue weighted by Crippen LogP contribution is -2.31. The molecule has 21 heavy (non-hydrogen) atoms. The predicted molar refractivity (Wildman–Crippen MR) is 83.1 cm³/mol. The van der Waals surface area contributed by atoms with Gasteiger partial charge in [0.1, 0.15) is 13.2 Å². The fourth-order valence-electron chi connectivity index (χ4n) is 2.37. The lowest BCUT2D eigenvalue weighted by Gasteiger charge is -2.24. The lowest BCUT2D eigenvalue weighted by molar-refractivity contribution is 0.168. The minimum absolute atomic E-state index is 0.0877. The van der Waals surface area contributed by atoms with Gasteiger partial charge in [-0.1, -0.05) is 12.1 Å². The molecular weight excluding hydrogens is 334 g/mol. The van der Waals surface area contributed by atoms with E-state index in [1.54, 1.807) is 6.20 Å². The highest BCUT2D eigenvalue weighted by Gasteiger charge is 2.21. The zero-order valence-corrected chi connectivity index (χ0v) is 13.0. The number of hydrogen-bond donors (Lipinski definition) is 2. The summed E-state index contributed by atoms with van der Waals surface area (Å²) in [5.74, 6) is 7.27. The van der Waals surface area contributed by atoms with E-state index >= 15 is 0 Å². The molecule has 110 valence electrons. The summed E-state index contributed by atoms with van der Waals surface area (Å²) in [7, 11) is 0. The van der Waals surface area contributed by atoms with Gasteiger partial charge >= 0.3 is 0 Å². The van der Waals surface area contributed by atoms with E-state index in [4.69, 9.17) is 15.3 Å². The van der Waals surface area contributed by atoms with Crippen LogP contribution in [0.25, 0.3) is 0 Å². The van der Waals surface area contributed by atoms with E-state index in [-0.39, 0.29) is 6.04 Å². The molecule has 3 rings (SSSR count). The summed E-state index contributed by atoms with van der Waals surface area (Å²) < 4.78 is 12.3. The number of benzene rings is 1. The van der Waals surface area contributed by atoms with Gasteiger partial charge in [-0.05, 0) is 34.1 Å². The molecule has 1 aromatic carbocycles. The predicted octanol–water partition coefficient (Wildman–Crippen LogP) is 2.36. The number of nitrogens with zero attached hydrogens (tertiary/aromatic N) is 1. The molecule has 0 radical (unpaired) electrons. The smallest absolute Gasteiger partial charge is 0.166 e. The number of pyridine rings is 1. The topological polar surface area (TPSA) is 69.4 Å². The third kappa shape index (κ3) is 3.18. The first-order valence-corrected chi connectivity index (χ1v) is 7.52. The summed E-state index contributed by atoms with van der Waals surface area (Å²) in [4.78, 5) is 4.39. The van der Waals surface area contributed by atoms with Crippen molar-refractivity contribution in [1.29, 1.82) is 0 Å². The van der Waals surface area contributed by atoms with E-state index in [0.29, 0.717) is 19.6 Å². The van der Waals surface area contributed by atoms with Crippen molar-refractivity contribution in [2.24, 2.45) is 5.84 Å². The van der Waals surface area contributed by atoms with Gasteiger partial charge in [0.2, 0.25) is 0 Å². The van der Waals surface area contributed by atoms with Gasteiger partial charge in [0.15, 0.2) is 11.5 Å². The molecule has 0 saturated carbocycles. The summed E-state index contributed by atoms with van der Waals surface area (Å²) in [6, 6.07) is 9.70. The maximum absolute atomic E-state index is 5.75. The van der Waals surface area contributed by atoms with Crippen LogP contribution in [0.5, 0.6) is 11.5 Å². The number of hydrazine groups is 1. The molecule has 0 amide bonds. The number of hydrogen-bond acceptors (Lipinski definition) is 5. The highest BCUT2D eigenvalue weighted by Crippen LogP contribution is 2.37. The molecule has 1 unspecified atom stereocenters. The van der Waals surface area contributed by atoms with Crippen LogP contribution in [-0.4, -0.2) is 18.2 Å². The van der Waals surface area contributed by atoms with Gasteiger partial charge in [-0.3, -0.25) is 16.3 Å². The second-order valence-corrected chi connectivity index (χ2v) is 5.68. The molecule has 0 aliphatic carbocycles. The summed E-state index contributed by atoms with van der Waals surface area (Å²) in [6.45, 7) is 1.13. The molecule has 2 heterocycles. The molecule has 1 aliphatic heterocycles. The van der Waals surface area contributed by atoms with Crippen molar-refractivity contribution in [3.05, 3.63) is 52.3 Å². The Morgan fingerprint density at radius 1 is 1.24 bits per heavy atom. The van der Waals surface area contributed by atoms with Gasteiger partial charge in [-0.15, -0.1) is 0 Å². The van der Waals surface area contributed by atoms with Gasteiger partial charge in [0, 0.05) is 28.3 Å². The first-order chi connectivity index (χ1) is 10.3. The van der Waals surface area contributed by atoms with Gasteiger partial charge in [-0.2, -0.15) is 0 Å². The molecule has 1 aromatic heterocycles. The van der Waals surface area contributed by atoms with E-state index in [1.807, 2.05) is 30.3 Å². The average Bonchev–Trinajstić information content (AvgIpc) is 2.54. The van der Waals surface area contributed by atoms with E-state index in [9.17, 15) is 0 Å². The zero-order valence-electron chi connectivity index (χ0n) is 11.4. The van der Waals surface area contributed by atoms with Gasteiger partial charge in [0.05, 0.1) is 6.04 Å². The van der Waals surface area contributed by atoms with Crippen LogP contribution in [-0.2, 0) is 6.42 Å². The van der Waals surface area contributed by atoms with Crippen LogP contribution in [0, 0.1) is 0 Å². The quantitative estimate of drug-likeness (QED) is 0.655. The zero-order chi connectivity index (χ0) is 14.7. The third-order valence-electron chi connectivity index (χ3n) is 3.38. The number of fused-ring (bicyclic) bond motifs is 1. The Hall–Kier alpha value is -1.63. The minimum Gasteiger partial charge on any atom is -0.486 e. The SMILES string of the molecule is NNC(Cc1ccc(Br)cn1)c1cccc2c1OCCO2. The Bertz CT molecular complexity index is 619. The average molecular weight is 350 g/mol. The van der Waals surface area contributed by atoms with Crippen LogP contribution < -0.4 is 20.7 Å². The van der Waals surface area contributed by atoms with Gasteiger partial charge < -0.3 is 9.47 Å². The van der Waals surface area contributed by atoms with Gasteiger partial charge in [-0.25, -0.2) is 0 Å². The molecule has 0 bridgehead atoms. The number of halogens is 1. The summed E-state index contributed by atoms with van der Waals surface area (Å²) in [6.07, 6.45) is 2.45. The Morgan fingerprint density at radius 2 is 2.10 bits per heavy atom. The Balaban J connectivity index is 1.88. The third-order valence-corrected chi connectivity index (χ3v) is 3.84. The highest BCUT2D eigenvalue weighted by atomic mass is 79.9. The van der Waals surface area contributed by atoms with Crippen LogP contribution in [0.15, 0.2) is 41.0 Å². The Kier molecular flexibility index (Phi) is 4.38. The first-order valence-electron chi connectivity index (χ1n) is 6.73. The second-order valence-electron chi connectivity index (χ2n) is 4.76. The number of ether oxygens (including phenoxy) is 2. The van der Waals surface area contributed by atoms with Crippen LogP contribution in [0.2, 0.25) is 0 Å². The number of nitrogens with two attached hydrogens (primary N) is 1. The first kappa shape index (κ1) is 14.3. The molecule has 2 aromatic rings. The van der Waals surface area contributed by atoms with Crippen molar-refractivity contribution in [2.45, 2.75) is 12.5 Å². The minimum atomic E-state index is -0.0877. The van der Waals surface area contributed by atoms with E-state index in [0.717, 1.165) is 27.2 Å². The largest absolute Gasteiger partial charge is 0.486 e. The second kappa shape index (κ2) is 6.43. The molecule has 0 fully saturated rings. The standard InChI is InChI=1S/C15H16BrN3O2/c16-10-4-5-11(18-9-10)8-13(19-17)12-2-1-3-14-15(12)21-7-6-20-14/h1-5,9,13,19H,6-8,17H2. The molecular formula is C15H16BrN3O2. The van der Waals surface area contributed by atoms with E-state index < -0.39 is 0 Å². The molecule has 0 spiro atoms. The molecule has 0 saturated heterocycles. The molecule has 3 N–H and O–H groups in total. The van der Waals surface area contributed by atoms with E-state index in [2.05, 4.69) is 26.3 Å². The fourth-order valence-corrected chi connectivity index (χ4v) is 2.60. The number of nitrogens with one attached hydrogen (secondary N) is 1. The van der Waals surface area contributed by atoms with Crippen molar-refractivity contribution in [2.75, 3.05) is 13.2 Å². The lowest BCUT2D eigenvalue weighted by atomic mass is 10.0. The van der Waals surface area contributed by atoms with Crippen LogP contribution >= 0.6 is 15.9 Å². The summed E-state index contributed by atoms with van der Waals surface area (Å²) in [5.41, 5.74) is 4.78. The number of para-hydroxylation sites is 1. The van der Waals surface area contributed by atoms with Gasteiger partial charge in [0.25, 0.3) is 0 Å². The number of rotatable bonds is 4. The monoisotopic (exact) mass is 349 g/mol. The summed E-state index contributed by atoms with van der Waals surface area (Å²) in [5, 5.41) is 0. The molecule has 1 atom stereocenters. The Labute approximate surface area is 131 Å². The Morgan fingerprint density at radius 3 is 2.86 bits per heavy atom. The normalized spacial score (nSPS) is 14.8. The summed E-state index contributed by atoms with van der Waals surface area (Å²) >= 11 is 3.38. The molecule has 1 aliphatic rings. The molecule has 5 nitrogen and oxygen atoms in total. The van der Waals surface area contributed by atoms with E-state index in [1.165, 1.54) is 0 Å². The van der Waals surface area contributed by atoms with Crippen molar-refractivity contribution < 1.29 is 9.47 Å². The van der Waals surface area contributed by atoms with Crippen molar-refractivity contribution in [1.82, 2.24) is 10.4 Å². The maximum Gasteiger partial charge on any atom is 0.166 e. The highest BCUT2D eigenvalue weighted by molar-refractivity contribution is 9.10. The van der Waals surface area contributed by atoms with Crippen molar-refractivity contribution in [3.8, 4) is 11.5 Å². The van der Waals surface area contributed by atoms with Crippen LogP contribution in [0.1, 0.15) is 17.3 Å². The van der Waals surface area contributed by atoms with Crippen molar-refractivity contribution in [3.63, 3.8) is 0 Å².